The van der Waals surface area contributed by atoms with Crippen LogP contribution in [-0.4, -0.2) is 19.5 Å². The maximum absolute atomic E-state index is 4.34. The van der Waals surface area contributed by atoms with Crippen molar-refractivity contribution >= 4 is 21.9 Å². The van der Waals surface area contributed by atoms with Crippen LogP contribution in [0.2, 0.25) is 0 Å². The van der Waals surface area contributed by atoms with Gasteiger partial charge in [-0.25, -0.2) is 4.98 Å². The highest BCUT2D eigenvalue weighted by molar-refractivity contribution is 6.03. The van der Waals surface area contributed by atoms with Crippen LogP contribution in [0.15, 0.2) is 49.2 Å². The van der Waals surface area contributed by atoms with Gasteiger partial charge in [0.1, 0.15) is 5.65 Å². The summed E-state index contributed by atoms with van der Waals surface area (Å²) in [6.45, 7) is 4.00. The van der Waals surface area contributed by atoms with E-state index in [0.717, 1.165) is 16.6 Å². The minimum Gasteiger partial charge on any atom is -0.349 e. The number of nitrogens with zero attached hydrogens (tertiary/aromatic N) is 3. The third kappa shape index (κ3) is 2.09. The molecule has 0 spiro atoms. The number of nitrogens with one attached hydrogen (secondary N) is 1. The summed E-state index contributed by atoms with van der Waals surface area (Å²) in [7, 11) is 2.04. The first-order valence-electron chi connectivity index (χ1n) is 7.16. The summed E-state index contributed by atoms with van der Waals surface area (Å²) in [5.41, 5.74) is 4.44. The first kappa shape index (κ1) is 13.4. The lowest BCUT2D eigenvalue weighted by atomic mass is 10.1. The lowest BCUT2D eigenvalue weighted by Gasteiger charge is -1.96. The maximum atomic E-state index is 4.34. The Morgan fingerprint density at radius 2 is 1.90 bits per heavy atom. The van der Waals surface area contributed by atoms with E-state index in [1.54, 1.807) is 6.20 Å². The smallest absolute Gasteiger partial charge is 0.137 e. The molecule has 106 valence electrons. The van der Waals surface area contributed by atoms with Gasteiger partial charge in [-0.2, -0.15) is 0 Å². The number of hydrogen-bond donors (Lipinski definition) is 1. The van der Waals surface area contributed by atoms with Crippen molar-refractivity contribution in [1.82, 2.24) is 19.5 Å². The van der Waals surface area contributed by atoms with Crippen LogP contribution in [0.1, 0.15) is 13.8 Å². The summed E-state index contributed by atoms with van der Waals surface area (Å²) >= 11 is 0. The second-order valence-corrected chi connectivity index (χ2v) is 4.65. The Morgan fingerprint density at radius 1 is 1.05 bits per heavy atom. The molecule has 4 heteroatoms. The van der Waals surface area contributed by atoms with Crippen molar-refractivity contribution in [3.63, 3.8) is 0 Å². The molecular weight excluding hydrogens is 260 g/mol. The fourth-order valence-electron chi connectivity index (χ4n) is 2.62. The van der Waals surface area contributed by atoms with Gasteiger partial charge in [-0.1, -0.05) is 13.8 Å². The Kier molecular flexibility index (Phi) is 3.44. The average molecular weight is 278 g/mol. The molecular formula is C17H18N4. The Morgan fingerprint density at radius 3 is 2.76 bits per heavy atom. The van der Waals surface area contributed by atoms with Gasteiger partial charge in [-0.05, 0) is 18.2 Å². The normalized spacial score (nSPS) is 10.6. The van der Waals surface area contributed by atoms with Gasteiger partial charge in [0.25, 0.3) is 0 Å². The fourth-order valence-corrected chi connectivity index (χ4v) is 2.62. The molecule has 0 unspecified atom stereocenters. The van der Waals surface area contributed by atoms with Crippen molar-refractivity contribution in [3.05, 3.63) is 49.2 Å². The lowest BCUT2D eigenvalue weighted by molar-refractivity contribution is 0.966. The SMILES string of the molecule is CC.Cn1cc(-c2c[nH]c3ncccc23)c2ccncc21. The van der Waals surface area contributed by atoms with Crippen molar-refractivity contribution in [2.24, 2.45) is 7.05 Å². The highest BCUT2D eigenvalue weighted by Gasteiger charge is 2.12. The molecule has 0 aromatic carbocycles. The van der Waals surface area contributed by atoms with E-state index in [0.29, 0.717) is 0 Å². The molecule has 4 heterocycles. The van der Waals surface area contributed by atoms with Gasteiger partial charge < -0.3 is 9.55 Å². The van der Waals surface area contributed by atoms with E-state index in [1.165, 1.54) is 16.5 Å². The van der Waals surface area contributed by atoms with E-state index < -0.39 is 0 Å². The molecule has 0 bridgehead atoms. The van der Waals surface area contributed by atoms with E-state index >= 15 is 0 Å². The predicted molar refractivity (Wildman–Crippen MR) is 87.1 cm³/mol. The van der Waals surface area contributed by atoms with Crippen molar-refractivity contribution in [2.45, 2.75) is 13.8 Å². The Bertz CT molecular complexity index is 886. The number of hydrogen-bond acceptors (Lipinski definition) is 2. The van der Waals surface area contributed by atoms with E-state index in [4.69, 9.17) is 0 Å². The molecule has 4 aromatic heterocycles. The molecule has 0 atom stereocenters. The summed E-state index contributed by atoms with van der Waals surface area (Å²) in [5.74, 6) is 0. The highest BCUT2D eigenvalue weighted by Crippen LogP contribution is 2.33. The number of aryl methyl sites for hydroxylation is 1. The molecule has 1 N–H and O–H groups in total. The number of fused-ring (bicyclic) bond motifs is 2. The summed E-state index contributed by atoms with van der Waals surface area (Å²) in [5, 5.41) is 2.36. The van der Waals surface area contributed by atoms with Crippen LogP contribution >= 0.6 is 0 Å². The quantitative estimate of drug-likeness (QED) is 0.568. The molecule has 0 saturated carbocycles. The van der Waals surface area contributed by atoms with Crippen molar-refractivity contribution in [3.8, 4) is 11.1 Å². The van der Waals surface area contributed by atoms with Gasteiger partial charge in [-0.3, -0.25) is 4.98 Å². The van der Waals surface area contributed by atoms with E-state index in [-0.39, 0.29) is 0 Å². The molecule has 21 heavy (non-hydrogen) atoms. The zero-order chi connectivity index (χ0) is 14.8. The van der Waals surface area contributed by atoms with Crippen molar-refractivity contribution in [1.29, 1.82) is 0 Å². The monoisotopic (exact) mass is 278 g/mol. The summed E-state index contributed by atoms with van der Waals surface area (Å²) in [6.07, 6.45) is 9.69. The standard InChI is InChI=1S/C15H12N4.C2H6/c1-19-9-13(10-4-6-16-8-14(10)19)12-7-18-15-11(12)3-2-5-17-15;1-2/h2-9H,1H3,(H,17,18);1-2H3. The highest BCUT2D eigenvalue weighted by atomic mass is 14.9. The molecule has 0 amide bonds. The summed E-state index contributed by atoms with van der Waals surface area (Å²) < 4.78 is 2.10. The second-order valence-electron chi connectivity index (χ2n) is 4.65. The minimum absolute atomic E-state index is 0.920. The molecule has 4 aromatic rings. The van der Waals surface area contributed by atoms with Gasteiger partial charge in [0, 0.05) is 53.7 Å². The van der Waals surface area contributed by atoms with Crippen LogP contribution in [0, 0.1) is 0 Å². The number of aromatic nitrogens is 4. The second kappa shape index (κ2) is 5.40. The van der Waals surface area contributed by atoms with Crippen LogP contribution in [0.5, 0.6) is 0 Å². The van der Waals surface area contributed by atoms with Gasteiger partial charge in [0.05, 0.1) is 11.7 Å². The summed E-state index contributed by atoms with van der Waals surface area (Å²) in [4.78, 5) is 11.8. The Labute approximate surface area is 123 Å². The molecule has 0 aliphatic carbocycles. The molecule has 0 radical (unpaired) electrons. The minimum atomic E-state index is 0.920. The van der Waals surface area contributed by atoms with Crippen LogP contribution < -0.4 is 0 Å². The third-order valence-electron chi connectivity index (χ3n) is 3.53. The Balaban J connectivity index is 0.000000636. The van der Waals surface area contributed by atoms with Gasteiger partial charge in [-0.15, -0.1) is 0 Å². The van der Waals surface area contributed by atoms with Gasteiger partial charge >= 0.3 is 0 Å². The maximum Gasteiger partial charge on any atom is 0.137 e. The van der Waals surface area contributed by atoms with Crippen molar-refractivity contribution < 1.29 is 0 Å². The van der Waals surface area contributed by atoms with Crippen LogP contribution in [-0.2, 0) is 7.05 Å². The van der Waals surface area contributed by atoms with Crippen LogP contribution in [0.25, 0.3) is 33.1 Å². The predicted octanol–water partition coefficient (Wildman–Crippen LogP) is 4.14. The van der Waals surface area contributed by atoms with Crippen LogP contribution in [0.3, 0.4) is 0 Å². The summed E-state index contributed by atoms with van der Waals surface area (Å²) in [6, 6.07) is 6.11. The molecule has 4 nitrogen and oxygen atoms in total. The first-order chi connectivity index (χ1) is 10.3. The van der Waals surface area contributed by atoms with Gasteiger partial charge in [0.15, 0.2) is 0 Å². The average Bonchev–Trinajstić information content (AvgIpc) is 3.11. The number of pyridine rings is 2. The number of rotatable bonds is 1. The van der Waals surface area contributed by atoms with Crippen LogP contribution in [0.4, 0.5) is 0 Å². The zero-order valence-corrected chi connectivity index (χ0v) is 12.5. The molecule has 0 aliphatic heterocycles. The van der Waals surface area contributed by atoms with E-state index in [1.807, 2.05) is 45.6 Å². The number of aromatic amines is 1. The lowest BCUT2D eigenvalue weighted by Crippen LogP contribution is -1.83. The topological polar surface area (TPSA) is 46.5 Å². The van der Waals surface area contributed by atoms with E-state index in [9.17, 15) is 0 Å². The first-order valence-corrected chi connectivity index (χ1v) is 7.16. The van der Waals surface area contributed by atoms with E-state index in [2.05, 4.69) is 37.8 Å². The molecule has 0 saturated heterocycles. The molecule has 0 fully saturated rings. The van der Waals surface area contributed by atoms with Gasteiger partial charge in [0.2, 0.25) is 0 Å². The fraction of sp³-hybridized carbons (Fsp3) is 0.176. The number of H-pyrrole nitrogens is 1. The third-order valence-corrected chi connectivity index (χ3v) is 3.53. The van der Waals surface area contributed by atoms with Crippen molar-refractivity contribution in [2.75, 3.05) is 0 Å². The molecule has 0 aliphatic rings. The molecule has 4 rings (SSSR count). The zero-order valence-electron chi connectivity index (χ0n) is 12.5. The largest absolute Gasteiger partial charge is 0.349 e. The Hall–Kier alpha value is -2.62.